The SMILES string of the molecule is CC(C)(C)OC(=O)N1CC2CC(c3nc(CCCOc4c(F)cccc4F)cs3)=C(C(=O)N(Cc3cccc(Cl)c3Cl)C3CC3)[C@@H](C1)N2C(=O)OC(C)(C)C. The molecule has 2 fully saturated rings. The van der Waals surface area contributed by atoms with E-state index in [4.69, 9.17) is 42.4 Å². The van der Waals surface area contributed by atoms with Crippen molar-refractivity contribution in [3.63, 3.8) is 0 Å². The molecular weight excluding hydrogens is 773 g/mol. The largest absolute Gasteiger partial charge is 0.488 e. The smallest absolute Gasteiger partial charge is 0.411 e. The number of benzene rings is 2. The number of amides is 3. The van der Waals surface area contributed by atoms with Gasteiger partial charge in [-0.15, -0.1) is 11.3 Å². The second-order valence-electron chi connectivity index (χ2n) is 16.1. The Balaban J connectivity index is 1.37. The lowest BCUT2D eigenvalue weighted by Gasteiger charge is -2.50. The number of rotatable bonds is 10. The van der Waals surface area contributed by atoms with Crippen LogP contribution in [0.3, 0.4) is 0 Å². The predicted molar refractivity (Wildman–Crippen MR) is 207 cm³/mol. The van der Waals surface area contributed by atoms with Gasteiger partial charge in [0, 0.05) is 42.2 Å². The van der Waals surface area contributed by atoms with Crippen LogP contribution >= 0.6 is 34.5 Å². The van der Waals surface area contributed by atoms with E-state index in [9.17, 15) is 18.4 Å². The van der Waals surface area contributed by atoms with Gasteiger partial charge in [0.25, 0.3) is 5.91 Å². The molecule has 1 saturated heterocycles. The maximum atomic E-state index is 15.2. The van der Waals surface area contributed by atoms with Gasteiger partial charge in [-0.25, -0.2) is 23.4 Å². The highest BCUT2D eigenvalue weighted by atomic mass is 35.5. The average Bonchev–Trinajstić information content (AvgIpc) is 3.82. The van der Waals surface area contributed by atoms with Crippen LogP contribution in [0.25, 0.3) is 5.57 Å². The van der Waals surface area contributed by atoms with Crippen LogP contribution < -0.4 is 4.74 Å². The zero-order valence-electron chi connectivity index (χ0n) is 31.8. The van der Waals surface area contributed by atoms with Gasteiger partial charge >= 0.3 is 12.2 Å². The van der Waals surface area contributed by atoms with Crippen LogP contribution in [0.1, 0.15) is 83.5 Å². The third-order valence-electron chi connectivity index (χ3n) is 9.31. The molecule has 2 aliphatic heterocycles. The molecule has 1 unspecified atom stereocenters. The van der Waals surface area contributed by atoms with Crippen LogP contribution in [-0.4, -0.2) is 86.8 Å². The second-order valence-corrected chi connectivity index (χ2v) is 17.7. The quantitative estimate of drug-likeness (QED) is 0.188. The van der Waals surface area contributed by atoms with E-state index in [0.29, 0.717) is 44.6 Å². The molecular formula is C40H46Cl2F2N4O6S. The van der Waals surface area contributed by atoms with Crippen molar-refractivity contribution >= 4 is 58.2 Å². The molecule has 55 heavy (non-hydrogen) atoms. The first-order chi connectivity index (χ1) is 25.9. The van der Waals surface area contributed by atoms with E-state index < -0.39 is 52.9 Å². The molecule has 1 saturated carbocycles. The van der Waals surface area contributed by atoms with Gasteiger partial charge in [-0.05, 0) is 97.4 Å². The average molecular weight is 820 g/mol. The zero-order chi connectivity index (χ0) is 39.8. The number of piperazine rings is 1. The lowest BCUT2D eigenvalue weighted by atomic mass is 9.84. The predicted octanol–water partition coefficient (Wildman–Crippen LogP) is 9.31. The van der Waals surface area contributed by atoms with E-state index in [1.807, 2.05) is 11.4 Å². The van der Waals surface area contributed by atoms with Gasteiger partial charge < -0.3 is 24.0 Å². The molecule has 3 amide bonds. The molecule has 296 valence electrons. The summed E-state index contributed by atoms with van der Waals surface area (Å²) < 4.78 is 45.3. The zero-order valence-corrected chi connectivity index (χ0v) is 34.1. The number of hydrogen-bond acceptors (Lipinski definition) is 8. The Hall–Kier alpha value is -3.94. The molecule has 15 heteroatoms. The summed E-state index contributed by atoms with van der Waals surface area (Å²) in [6.45, 7) is 11.1. The Kier molecular flexibility index (Phi) is 12.0. The molecule has 6 rings (SSSR count). The topological polar surface area (TPSA) is 102 Å². The molecule has 1 aliphatic carbocycles. The molecule has 10 nitrogen and oxygen atoms in total. The lowest BCUT2D eigenvalue weighted by molar-refractivity contribution is -0.129. The normalized spacial score (nSPS) is 18.7. The van der Waals surface area contributed by atoms with Crippen molar-refractivity contribution < 1.29 is 37.4 Å². The third-order valence-corrected chi connectivity index (χ3v) is 11.1. The van der Waals surface area contributed by atoms with E-state index in [0.717, 1.165) is 30.7 Å². The number of aryl methyl sites for hydroxylation is 1. The highest BCUT2D eigenvalue weighted by Crippen LogP contribution is 2.43. The van der Waals surface area contributed by atoms with Gasteiger partial charge in [0.05, 0.1) is 34.4 Å². The van der Waals surface area contributed by atoms with Crippen molar-refractivity contribution in [1.82, 2.24) is 19.7 Å². The lowest BCUT2D eigenvalue weighted by Crippen LogP contribution is -2.66. The molecule has 2 bridgehead atoms. The summed E-state index contributed by atoms with van der Waals surface area (Å²) in [5, 5.41) is 3.23. The van der Waals surface area contributed by atoms with Gasteiger partial charge in [-0.3, -0.25) is 9.69 Å². The molecule has 1 aromatic heterocycles. The molecule has 3 heterocycles. The second kappa shape index (κ2) is 16.3. The van der Waals surface area contributed by atoms with Crippen molar-refractivity contribution in [2.45, 2.75) is 110 Å². The van der Waals surface area contributed by atoms with Crippen molar-refractivity contribution in [3.05, 3.63) is 85.3 Å². The highest BCUT2D eigenvalue weighted by Gasteiger charge is 2.51. The van der Waals surface area contributed by atoms with Crippen molar-refractivity contribution in [1.29, 1.82) is 0 Å². The van der Waals surface area contributed by atoms with E-state index in [1.165, 1.54) is 17.4 Å². The molecule has 0 radical (unpaired) electrons. The molecule has 0 spiro atoms. The van der Waals surface area contributed by atoms with E-state index >= 15 is 4.79 Å². The summed E-state index contributed by atoms with van der Waals surface area (Å²) in [6, 6.07) is 7.36. The number of halogens is 4. The van der Waals surface area contributed by atoms with Crippen molar-refractivity contribution in [2.75, 3.05) is 19.7 Å². The van der Waals surface area contributed by atoms with Crippen molar-refractivity contribution in [3.8, 4) is 5.75 Å². The van der Waals surface area contributed by atoms with Gasteiger partial charge in [0.15, 0.2) is 17.4 Å². The number of aromatic nitrogens is 1. The first kappa shape index (κ1) is 40.7. The maximum Gasteiger partial charge on any atom is 0.411 e. The van der Waals surface area contributed by atoms with Gasteiger partial charge in [0.1, 0.15) is 16.2 Å². The van der Waals surface area contributed by atoms with Crippen LogP contribution in [0.15, 0.2) is 47.4 Å². The molecule has 2 aromatic carbocycles. The number of thiazole rings is 1. The fourth-order valence-electron chi connectivity index (χ4n) is 6.82. The number of hydrogen-bond donors (Lipinski definition) is 0. The Labute approximate surface area is 334 Å². The first-order valence-electron chi connectivity index (χ1n) is 18.4. The van der Waals surface area contributed by atoms with Gasteiger partial charge in [0.2, 0.25) is 0 Å². The van der Waals surface area contributed by atoms with Crippen LogP contribution in [0, 0.1) is 11.6 Å². The Morgan fingerprint density at radius 1 is 0.945 bits per heavy atom. The monoisotopic (exact) mass is 818 g/mol. The fraction of sp³-hybridized carbons (Fsp3) is 0.500. The van der Waals surface area contributed by atoms with Gasteiger partial charge in [-0.2, -0.15) is 0 Å². The third kappa shape index (κ3) is 9.72. The number of nitrogens with zero attached hydrogens (tertiary/aromatic N) is 4. The molecule has 2 atom stereocenters. The minimum Gasteiger partial charge on any atom is -0.488 e. The summed E-state index contributed by atoms with van der Waals surface area (Å²) in [6.07, 6.45) is 1.56. The van der Waals surface area contributed by atoms with Crippen LogP contribution in [0.2, 0.25) is 10.0 Å². The van der Waals surface area contributed by atoms with Crippen LogP contribution in [0.4, 0.5) is 18.4 Å². The van der Waals surface area contributed by atoms with Crippen LogP contribution in [-0.2, 0) is 27.2 Å². The fourth-order valence-corrected chi connectivity index (χ4v) is 8.12. The minimum atomic E-state index is -0.884. The van der Waals surface area contributed by atoms with E-state index in [-0.39, 0.29) is 44.6 Å². The van der Waals surface area contributed by atoms with E-state index in [2.05, 4.69) is 0 Å². The number of ether oxygens (including phenoxy) is 3. The molecule has 0 N–H and O–H groups in total. The van der Waals surface area contributed by atoms with Crippen LogP contribution in [0.5, 0.6) is 5.75 Å². The minimum absolute atomic E-state index is 0.00612. The van der Waals surface area contributed by atoms with Crippen molar-refractivity contribution in [2.24, 2.45) is 0 Å². The standard InChI is InChI=1S/C40H46Cl2F2N4O6S/c1-39(2,3)53-37(50)46-20-26-18-27(35-45-24(22-55-35)11-9-17-52-34-29(43)13-8-14-30(34)44)32(31(21-46)48(26)38(51)54-40(4,5)6)36(49)47(25-15-16-25)19-23-10-7-12-28(41)33(23)42/h7-8,10,12-14,22,25-26,31H,9,11,15-21H2,1-6H3/t26?,31-/m1/s1. The summed E-state index contributed by atoms with van der Waals surface area (Å²) >= 11 is 14.4. The molecule has 3 aliphatic rings. The highest BCUT2D eigenvalue weighted by molar-refractivity contribution is 7.10. The first-order valence-corrected chi connectivity index (χ1v) is 20.0. The maximum absolute atomic E-state index is 15.2. The summed E-state index contributed by atoms with van der Waals surface area (Å²) in [4.78, 5) is 52.7. The number of carbonyl (C=O) groups excluding carboxylic acids is 3. The Morgan fingerprint density at radius 3 is 2.25 bits per heavy atom. The summed E-state index contributed by atoms with van der Waals surface area (Å²) in [5.74, 6) is -2.26. The number of fused-ring (bicyclic) bond motifs is 2. The molecule has 3 aromatic rings. The number of para-hydroxylation sites is 1. The Morgan fingerprint density at radius 2 is 1.60 bits per heavy atom. The summed E-state index contributed by atoms with van der Waals surface area (Å²) in [7, 11) is 0. The number of carbonyl (C=O) groups is 3. The van der Waals surface area contributed by atoms with E-state index in [1.54, 1.807) is 68.4 Å². The van der Waals surface area contributed by atoms with Gasteiger partial charge in [-0.1, -0.05) is 41.4 Å². The summed E-state index contributed by atoms with van der Waals surface area (Å²) in [5.41, 5.74) is 0.852. The Bertz CT molecular complexity index is 1950.